The predicted molar refractivity (Wildman–Crippen MR) is 97.6 cm³/mol. The van der Waals surface area contributed by atoms with Crippen LogP contribution in [-0.4, -0.2) is 35.0 Å². The number of halogens is 1. The lowest BCUT2D eigenvalue weighted by Gasteiger charge is -2.25. The molecule has 0 aromatic heterocycles. The molecule has 3 N–H and O–H groups in total. The molecule has 1 saturated heterocycles. The van der Waals surface area contributed by atoms with Crippen LogP contribution in [0.5, 0.6) is 0 Å². The second-order valence-electron chi connectivity index (χ2n) is 6.84. The molecule has 130 valence electrons. The van der Waals surface area contributed by atoms with Gasteiger partial charge in [-0.25, -0.2) is 0 Å². The van der Waals surface area contributed by atoms with E-state index in [1.54, 1.807) is 0 Å². The largest absolute Gasteiger partial charge is 0.350 e. The zero-order chi connectivity index (χ0) is 16.2. The van der Waals surface area contributed by atoms with Crippen molar-refractivity contribution in [3.63, 3.8) is 0 Å². The third kappa shape index (κ3) is 5.48. The van der Waals surface area contributed by atoms with Crippen molar-refractivity contribution >= 4 is 18.3 Å². The average molecular weight is 340 g/mol. The van der Waals surface area contributed by atoms with Gasteiger partial charge in [0.2, 0.25) is 5.91 Å². The third-order valence-electron chi connectivity index (χ3n) is 4.56. The summed E-state index contributed by atoms with van der Waals surface area (Å²) in [6, 6.07) is 11.1. The molecule has 0 bridgehead atoms. The van der Waals surface area contributed by atoms with E-state index in [1.807, 2.05) is 13.0 Å². The number of likely N-dealkylation sites (tertiary alicyclic amines) is 1. The fourth-order valence-corrected chi connectivity index (χ4v) is 3.22. The van der Waals surface area contributed by atoms with Gasteiger partial charge in [0.15, 0.2) is 0 Å². The van der Waals surface area contributed by atoms with Crippen molar-refractivity contribution in [2.24, 2.45) is 5.73 Å². The molecule has 1 amide bonds. The van der Waals surface area contributed by atoms with Crippen molar-refractivity contribution in [1.29, 1.82) is 0 Å². The Morgan fingerprint density at radius 1 is 1.39 bits per heavy atom. The van der Waals surface area contributed by atoms with Crippen LogP contribution < -0.4 is 11.1 Å². The van der Waals surface area contributed by atoms with Gasteiger partial charge >= 0.3 is 0 Å². The minimum Gasteiger partial charge on any atom is -0.350 e. The predicted octanol–water partition coefficient (Wildman–Crippen LogP) is 2.70. The summed E-state index contributed by atoms with van der Waals surface area (Å²) in [5, 5.41) is 3.14. The molecule has 1 aliphatic rings. The molecule has 0 spiro atoms. The zero-order valence-corrected chi connectivity index (χ0v) is 15.2. The maximum atomic E-state index is 12.3. The van der Waals surface area contributed by atoms with Crippen LogP contribution in [0.2, 0.25) is 0 Å². The number of nitrogens with zero attached hydrogens (tertiary/aromatic N) is 1. The lowest BCUT2D eigenvalue weighted by Crippen LogP contribution is -2.54. The third-order valence-corrected chi connectivity index (χ3v) is 4.56. The first-order valence-corrected chi connectivity index (χ1v) is 8.30. The number of nitrogens with two attached hydrogens (primary N) is 1. The van der Waals surface area contributed by atoms with Crippen molar-refractivity contribution in [3.05, 3.63) is 35.9 Å². The van der Waals surface area contributed by atoms with Crippen LogP contribution in [0.25, 0.3) is 0 Å². The topological polar surface area (TPSA) is 58.4 Å². The van der Waals surface area contributed by atoms with E-state index in [2.05, 4.69) is 48.3 Å². The average Bonchev–Trinajstić information content (AvgIpc) is 2.80. The first kappa shape index (κ1) is 19.9. The highest BCUT2D eigenvalue weighted by molar-refractivity contribution is 5.86. The minimum absolute atomic E-state index is 0. The van der Waals surface area contributed by atoms with Crippen molar-refractivity contribution in [1.82, 2.24) is 10.2 Å². The van der Waals surface area contributed by atoms with Crippen molar-refractivity contribution in [2.45, 2.75) is 64.2 Å². The summed E-state index contributed by atoms with van der Waals surface area (Å²) >= 11 is 0. The van der Waals surface area contributed by atoms with Crippen LogP contribution in [0.3, 0.4) is 0 Å². The number of amides is 1. The van der Waals surface area contributed by atoms with Crippen molar-refractivity contribution < 1.29 is 4.79 Å². The summed E-state index contributed by atoms with van der Waals surface area (Å²) in [7, 11) is 0. The summed E-state index contributed by atoms with van der Waals surface area (Å²) in [4.78, 5) is 14.8. The molecule has 1 aromatic rings. The maximum Gasteiger partial charge on any atom is 0.240 e. The Kier molecular flexibility index (Phi) is 7.52. The summed E-state index contributed by atoms with van der Waals surface area (Å²) in [6.07, 6.45) is 2.62. The molecule has 1 aliphatic heterocycles. The number of benzene rings is 1. The Labute approximate surface area is 146 Å². The fourth-order valence-electron chi connectivity index (χ4n) is 3.22. The van der Waals surface area contributed by atoms with Crippen LogP contribution in [0, 0.1) is 0 Å². The van der Waals surface area contributed by atoms with E-state index >= 15 is 0 Å². The quantitative estimate of drug-likeness (QED) is 0.837. The molecule has 2 rings (SSSR count). The molecule has 1 fully saturated rings. The molecule has 0 radical (unpaired) electrons. The van der Waals surface area contributed by atoms with Gasteiger partial charge in [0.1, 0.15) is 0 Å². The van der Waals surface area contributed by atoms with E-state index in [1.165, 1.54) is 5.56 Å². The number of carbonyl (C=O) groups is 1. The lowest BCUT2D eigenvalue weighted by molar-refractivity contribution is -0.126. The summed E-state index contributed by atoms with van der Waals surface area (Å²) < 4.78 is 0. The molecule has 0 saturated carbocycles. The van der Waals surface area contributed by atoms with E-state index in [0.29, 0.717) is 6.04 Å². The Balaban J connectivity index is 0.00000264. The van der Waals surface area contributed by atoms with Crippen LogP contribution in [0.15, 0.2) is 30.3 Å². The Morgan fingerprint density at radius 2 is 2.04 bits per heavy atom. The van der Waals surface area contributed by atoms with Gasteiger partial charge in [0, 0.05) is 25.2 Å². The first-order chi connectivity index (χ1) is 10.4. The van der Waals surface area contributed by atoms with Gasteiger partial charge in [-0.1, -0.05) is 43.7 Å². The number of rotatable bonds is 6. The summed E-state index contributed by atoms with van der Waals surface area (Å²) in [6.45, 7) is 7.93. The fraction of sp³-hybridized carbons (Fsp3) is 0.611. The number of nitrogens with one attached hydrogen (secondary N) is 1. The summed E-state index contributed by atoms with van der Waals surface area (Å²) in [5.74, 6) is -0.0203. The molecular weight excluding hydrogens is 310 g/mol. The van der Waals surface area contributed by atoms with E-state index in [4.69, 9.17) is 5.73 Å². The zero-order valence-electron chi connectivity index (χ0n) is 14.4. The number of hydrogen-bond acceptors (Lipinski definition) is 3. The molecule has 4 nitrogen and oxygen atoms in total. The van der Waals surface area contributed by atoms with Gasteiger partial charge in [-0.2, -0.15) is 0 Å². The molecule has 5 heteroatoms. The van der Waals surface area contributed by atoms with Gasteiger partial charge in [-0.15, -0.1) is 12.4 Å². The van der Waals surface area contributed by atoms with E-state index in [-0.39, 0.29) is 24.4 Å². The van der Waals surface area contributed by atoms with E-state index in [0.717, 1.165) is 32.4 Å². The Hall–Kier alpha value is -1.10. The number of carbonyl (C=O) groups excluding carboxylic acids is 1. The SMILES string of the molecule is CCCC(C)(N)C(=O)NC1CC(C)N(Cc2ccccc2)C1.Cl. The molecule has 1 aromatic carbocycles. The smallest absolute Gasteiger partial charge is 0.240 e. The van der Waals surface area contributed by atoms with E-state index in [9.17, 15) is 4.79 Å². The molecule has 3 unspecified atom stereocenters. The van der Waals surface area contributed by atoms with Gasteiger partial charge < -0.3 is 11.1 Å². The van der Waals surface area contributed by atoms with Crippen LogP contribution in [0.4, 0.5) is 0 Å². The molecule has 23 heavy (non-hydrogen) atoms. The lowest BCUT2D eigenvalue weighted by atomic mass is 9.96. The highest BCUT2D eigenvalue weighted by Crippen LogP contribution is 2.21. The van der Waals surface area contributed by atoms with Crippen molar-refractivity contribution in [3.8, 4) is 0 Å². The maximum absolute atomic E-state index is 12.3. The molecular formula is C18H30ClN3O. The van der Waals surface area contributed by atoms with E-state index < -0.39 is 5.54 Å². The normalized spacial score (nSPS) is 23.8. The number of hydrogen-bond donors (Lipinski definition) is 2. The van der Waals surface area contributed by atoms with Gasteiger partial charge in [0.05, 0.1) is 5.54 Å². The Morgan fingerprint density at radius 3 is 2.65 bits per heavy atom. The summed E-state index contributed by atoms with van der Waals surface area (Å²) in [5.41, 5.74) is 6.67. The van der Waals surface area contributed by atoms with Gasteiger partial charge in [0.25, 0.3) is 0 Å². The standard InChI is InChI=1S/C18H29N3O.ClH/c1-4-10-18(3,19)17(22)20-16-11-14(2)21(13-16)12-15-8-6-5-7-9-15;/h5-9,14,16H,4,10-13,19H2,1-3H3,(H,20,22);1H. The first-order valence-electron chi connectivity index (χ1n) is 8.30. The van der Waals surface area contributed by atoms with Crippen LogP contribution in [0.1, 0.15) is 45.6 Å². The van der Waals surface area contributed by atoms with Gasteiger partial charge in [-0.3, -0.25) is 9.69 Å². The van der Waals surface area contributed by atoms with Crippen LogP contribution >= 0.6 is 12.4 Å². The monoisotopic (exact) mass is 339 g/mol. The molecule has 1 heterocycles. The second kappa shape index (κ2) is 8.67. The minimum atomic E-state index is -0.759. The highest BCUT2D eigenvalue weighted by Gasteiger charge is 2.34. The molecule has 0 aliphatic carbocycles. The second-order valence-corrected chi connectivity index (χ2v) is 6.84. The Bertz CT molecular complexity index is 492. The highest BCUT2D eigenvalue weighted by atomic mass is 35.5. The molecule has 3 atom stereocenters. The van der Waals surface area contributed by atoms with Crippen molar-refractivity contribution in [2.75, 3.05) is 6.54 Å². The van der Waals surface area contributed by atoms with Gasteiger partial charge in [-0.05, 0) is 32.3 Å². The van der Waals surface area contributed by atoms with Crippen LogP contribution in [-0.2, 0) is 11.3 Å².